The van der Waals surface area contributed by atoms with Gasteiger partial charge < -0.3 is 15.4 Å². The van der Waals surface area contributed by atoms with Crippen LogP contribution in [0.25, 0.3) is 0 Å². The van der Waals surface area contributed by atoms with Gasteiger partial charge in [0.25, 0.3) is 0 Å². The highest BCUT2D eigenvalue weighted by atomic mass is 16.5. The molecule has 0 spiro atoms. The normalized spacial score (nSPS) is 12.7. The summed E-state index contributed by atoms with van der Waals surface area (Å²) in [5, 5.41) is 0. The second kappa shape index (κ2) is 8.08. The largest absolute Gasteiger partial charge is 0.469 e. The minimum Gasteiger partial charge on any atom is -0.469 e. The summed E-state index contributed by atoms with van der Waals surface area (Å²) in [6.45, 7) is 8.85. The third-order valence-corrected chi connectivity index (χ3v) is 2.71. The lowest BCUT2D eigenvalue weighted by Gasteiger charge is -2.28. The van der Waals surface area contributed by atoms with E-state index in [-0.39, 0.29) is 24.2 Å². The Morgan fingerprint density at radius 2 is 1.78 bits per heavy atom. The summed E-state index contributed by atoms with van der Waals surface area (Å²) in [4.78, 5) is 25.0. The van der Waals surface area contributed by atoms with Crippen LogP contribution in [0.5, 0.6) is 0 Å². The predicted octanol–water partition coefficient (Wildman–Crippen LogP) is 1.02. The zero-order valence-corrected chi connectivity index (χ0v) is 12.1. The van der Waals surface area contributed by atoms with Gasteiger partial charge in [-0.05, 0) is 11.8 Å². The summed E-state index contributed by atoms with van der Waals surface area (Å²) in [6.07, 6.45) is 0.208. The Morgan fingerprint density at radius 1 is 1.22 bits per heavy atom. The minimum absolute atomic E-state index is 0.0882. The summed E-state index contributed by atoms with van der Waals surface area (Å²) < 4.78 is 4.59. The van der Waals surface area contributed by atoms with Crippen LogP contribution in [-0.2, 0) is 14.3 Å². The van der Waals surface area contributed by atoms with Crippen LogP contribution in [0.1, 0.15) is 34.1 Å². The van der Waals surface area contributed by atoms with E-state index < -0.39 is 6.04 Å². The molecule has 106 valence electrons. The quantitative estimate of drug-likeness (QED) is 0.692. The summed E-state index contributed by atoms with van der Waals surface area (Å²) in [5.41, 5.74) is 5.87. The molecular formula is C13H26N2O3. The molecule has 2 N–H and O–H groups in total. The van der Waals surface area contributed by atoms with E-state index in [1.165, 1.54) is 7.11 Å². The lowest BCUT2D eigenvalue weighted by atomic mass is 10.0. The maximum absolute atomic E-state index is 12.2. The van der Waals surface area contributed by atoms with Crippen LogP contribution in [0.3, 0.4) is 0 Å². The Bertz CT molecular complexity index is 277. The number of methoxy groups -OCH3 is 1. The zero-order valence-electron chi connectivity index (χ0n) is 12.1. The molecule has 5 nitrogen and oxygen atoms in total. The van der Waals surface area contributed by atoms with Gasteiger partial charge in [0.15, 0.2) is 0 Å². The van der Waals surface area contributed by atoms with Crippen molar-refractivity contribution in [2.75, 3.05) is 20.2 Å². The fourth-order valence-corrected chi connectivity index (χ4v) is 1.56. The molecule has 0 aliphatic carbocycles. The predicted molar refractivity (Wildman–Crippen MR) is 70.9 cm³/mol. The molecule has 0 unspecified atom stereocenters. The minimum atomic E-state index is -0.513. The van der Waals surface area contributed by atoms with Crippen LogP contribution in [0.2, 0.25) is 0 Å². The maximum Gasteiger partial charge on any atom is 0.307 e. The SMILES string of the molecule is COC(=O)CCN(CC(C)C)C(=O)[C@@H](N)C(C)C. The van der Waals surface area contributed by atoms with Gasteiger partial charge in [-0.25, -0.2) is 0 Å². The third-order valence-electron chi connectivity index (χ3n) is 2.71. The standard InChI is InChI=1S/C13H26N2O3/c1-9(2)8-15(7-6-11(16)18-5)13(17)12(14)10(3)4/h9-10,12H,6-8,14H2,1-5H3/t12-/m0/s1. The number of amides is 1. The fraction of sp³-hybridized carbons (Fsp3) is 0.846. The molecule has 18 heavy (non-hydrogen) atoms. The van der Waals surface area contributed by atoms with Crippen molar-refractivity contribution in [3.8, 4) is 0 Å². The van der Waals surface area contributed by atoms with Gasteiger partial charge >= 0.3 is 5.97 Å². The number of carbonyl (C=O) groups excluding carboxylic acids is 2. The number of nitrogens with zero attached hydrogens (tertiary/aromatic N) is 1. The molecule has 1 amide bonds. The van der Waals surface area contributed by atoms with Gasteiger partial charge in [-0.3, -0.25) is 9.59 Å². The maximum atomic E-state index is 12.2. The first kappa shape index (κ1) is 16.9. The molecule has 5 heteroatoms. The van der Waals surface area contributed by atoms with Crippen molar-refractivity contribution in [2.45, 2.75) is 40.2 Å². The Morgan fingerprint density at radius 3 is 2.17 bits per heavy atom. The smallest absolute Gasteiger partial charge is 0.307 e. The molecule has 0 saturated carbocycles. The molecule has 0 rings (SSSR count). The van der Waals surface area contributed by atoms with Crippen molar-refractivity contribution >= 4 is 11.9 Å². The van der Waals surface area contributed by atoms with Gasteiger partial charge in [0.05, 0.1) is 19.6 Å². The van der Waals surface area contributed by atoms with E-state index in [1.807, 2.05) is 27.7 Å². The first-order valence-electron chi connectivity index (χ1n) is 6.40. The van der Waals surface area contributed by atoms with Gasteiger partial charge in [0, 0.05) is 13.1 Å². The highest BCUT2D eigenvalue weighted by Gasteiger charge is 2.24. The van der Waals surface area contributed by atoms with Crippen LogP contribution in [-0.4, -0.2) is 43.0 Å². The molecular weight excluding hydrogens is 232 g/mol. The van der Waals surface area contributed by atoms with Crippen LogP contribution in [0.4, 0.5) is 0 Å². The molecule has 1 atom stereocenters. The summed E-state index contributed by atoms with van der Waals surface area (Å²) >= 11 is 0. The van der Waals surface area contributed by atoms with Crippen LogP contribution >= 0.6 is 0 Å². The van der Waals surface area contributed by atoms with E-state index in [0.717, 1.165) is 0 Å². The average molecular weight is 258 g/mol. The van der Waals surface area contributed by atoms with Crippen LogP contribution < -0.4 is 5.73 Å². The number of hydrogen-bond acceptors (Lipinski definition) is 4. The lowest BCUT2D eigenvalue weighted by molar-refractivity contribution is -0.142. The second-order valence-corrected chi connectivity index (χ2v) is 5.27. The topological polar surface area (TPSA) is 72.6 Å². The van der Waals surface area contributed by atoms with Crippen molar-refractivity contribution < 1.29 is 14.3 Å². The number of nitrogens with two attached hydrogens (primary N) is 1. The van der Waals surface area contributed by atoms with Crippen molar-refractivity contribution in [1.29, 1.82) is 0 Å². The molecule has 0 aromatic rings. The molecule has 0 radical (unpaired) electrons. The number of carbonyl (C=O) groups is 2. The Labute approximate surface area is 110 Å². The molecule has 0 bridgehead atoms. The van der Waals surface area contributed by atoms with Crippen molar-refractivity contribution in [1.82, 2.24) is 4.90 Å². The van der Waals surface area contributed by atoms with E-state index in [9.17, 15) is 9.59 Å². The Balaban J connectivity index is 4.56. The highest BCUT2D eigenvalue weighted by molar-refractivity contribution is 5.82. The number of esters is 1. The van der Waals surface area contributed by atoms with Gasteiger partial charge in [0.2, 0.25) is 5.91 Å². The van der Waals surface area contributed by atoms with Crippen LogP contribution in [0, 0.1) is 11.8 Å². The van der Waals surface area contributed by atoms with E-state index in [1.54, 1.807) is 4.90 Å². The molecule has 0 aromatic carbocycles. The first-order chi connectivity index (χ1) is 8.29. The third kappa shape index (κ3) is 6.00. The average Bonchev–Trinajstić information content (AvgIpc) is 2.31. The number of rotatable bonds is 7. The van der Waals surface area contributed by atoms with Gasteiger partial charge in [0.1, 0.15) is 0 Å². The van der Waals surface area contributed by atoms with Gasteiger partial charge in [-0.2, -0.15) is 0 Å². The number of ether oxygens (including phenoxy) is 1. The zero-order chi connectivity index (χ0) is 14.3. The highest BCUT2D eigenvalue weighted by Crippen LogP contribution is 2.07. The van der Waals surface area contributed by atoms with E-state index in [0.29, 0.717) is 19.0 Å². The summed E-state index contributed by atoms with van der Waals surface area (Å²) in [6, 6.07) is -0.513. The molecule has 0 saturated heterocycles. The van der Waals surface area contributed by atoms with Crippen LogP contribution in [0.15, 0.2) is 0 Å². The van der Waals surface area contributed by atoms with Gasteiger partial charge in [-0.1, -0.05) is 27.7 Å². The van der Waals surface area contributed by atoms with Crippen molar-refractivity contribution in [3.63, 3.8) is 0 Å². The van der Waals surface area contributed by atoms with Crippen molar-refractivity contribution in [3.05, 3.63) is 0 Å². The van der Waals surface area contributed by atoms with Gasteiger partial charge in [-0.15, -0.1) is 0 Å². The first-order valence-corrected chi connectivity index (χ1v) is 6.40. The summed E-state index contributed by atoms with van der Waals surface area (Å²) in [7, 11) is 1.34. The van der Waals surface area contributed by atoms with E-state index >= 15 is 0 Å². The lowest BCUT2D eigenvalue weighted by Crippen LogP contribution is -2.48. The molecule has 0 fully saturated rings. The molecule has 0 heterocycles. The molecule has 0 aliphatic rings. The fourth-order valence-electron chi connectivity index (χ4n) is 1.56. The van der Waals surface area contributed by atoms with E-state index in [2.05, 4.69) is 4.74 Å². The number of hydrogen-bond donors (Lipinski definition) is 1. The monoisotopic (exact) mass is 258 g/mol. The second-order valence-electron chi connectivity index (χ2n) is 5.27. The Kier molecular flexibility index (Phi) is 7.59. The van der Waals surface area contributed by atoms with E-state index in [4.69, 9.17) is 5.73 Å². The molecule has 0 aromatic heterocycles. The molecule has 0 aliphatic heterocycles. The van der Waals surface area contributed by atoms with Crippen molar-refractivity contribution in [2.24, 2.45) is 17.6 Å². The summed E-state index contributed by atoms with van der Waals surface area (Å²) in [5.74, 6) is 0.0218. The Hall–Kier alpha value is -1.10.